The number of likely N-dealkylation sites (tertiary alicyclic amines) is 1. The maximum atomic E-state index is 11.4. The summed E-state index contributed by atoms with van der Waals surface area (Å²) in [6, 6.07) is -0.813. The lowest BCUT2D eigenvalue weighted by molar-refractivity contribution is -0.141. The van der Waals surface area contributed by atoms with E-state index in [4.69, 9.17) is 9.84 Å². The highest BCUT2D eigenvalue weighted by Gasteiger charge is 2.37. The lowest BCUT2D eigenvalue weighted by Crippen LogP contribution is -2.44. The molecule has 2 aliphatic rings. The number of carbonyl (C=O) groups excluding carboxylic acids is 1. The molecule has 0 bridgehead atoms. The number of cyclic esters (lactones) is 1. The van der Waals surface area contributed by atoms with Crippen LogP contribution in [0.5, 0.6) is 0 Å². The lowest BCUT2D eigenvalue weighted by Gasteiger charge is -2.28. The van der Waals surface area contributed by atoms with E-state index in [1.165, 1.54) is 24.2 Å². The number of carboxylic acid groups (broad SMARTS) is 1. The van der Waals surface area contributed by atoms with Gasteiger partial charge in [0.2, 0.25) is 0 Å². The maximum absolute atomic E-state index is 11.4. The number of amides is 1. The van der Waals surface area contributed by atoms with Gasteiger partial charge in [-0.25, -0.2) is 9.59 Å². The monoisotopic (exact) mass is 242 g/mol. The van der Waals surface area contributed by atoms with Crippen molar-refractivity contribution in [2.24, 2.45) is 0 Å². The first kappa shape index (κ1) is 12.2. The van der Waals surface area contributed by atoms with Gasteiger partial charge in [0.15, 0.2) is 6.04 Å². The molecule has 2 rings (SSSR count). The number of ether oxygens (including phenoxy) is 1. The Hall–Kier alpha value is -1.30. The molecule has 1 amide bonds. The number of hydrogen-bond donors (Lipinski definition) is 1. The topological polar surface area (TPSA) is 70.1 Å². The summed E-state index contributed by atoms with van der Waals surface area (Å²) in [7, 11) is 0. The van der Waals surface area contributed by atoms with Gasteiger partial charge in [-0.2, -0.15) is 0 Å². The van der Waals surface area contributed by atoms with Crippen LogP contribution >= 0.6 is 0 Å². The molecule has 1 N–H and O–H groups in total. The molecule has 17 heavy (non-hydrogen) atoms. The SMILES string of the molecule is O=C(O)C1COC(=O)N1CCN1CCCCC1. The Labute approximate surface area is 100 Å². The maximum Gasteiger partial charge on any atom is 0.410 e. The van der Waals surface area contributed by atoms with Gasteiger partial charge >= 0.3 is 12.1 Å². The first-order valence-electron chi connectivity index (χ1n) is 6.07. The van der Waals surface area contributed by atoms with E-state index in [-0.39, 0.29) is 6.61 Å². The molecule has 6 heteroatoms. The molecule has 0 radical (unpaired) electrons. The summed E-state index contributed by atoms with van der Waals surface area (Å²) in [4.78, 5) is 25.9. The summed E-state index contributed by atoms with van der Waals surface area (Å²) >= 11 is 0. The van der Waals surface area contributed by atoms with E-state index < -0.39 is 18.1 Å². The summed E-state index contributed by atoms with van der Waals surface area (Å²) in [5, 5.41) is 8.95. The van der Waals surface area contributed by atoms with Crippen LogP contribution in [0.2, 0.25) is 0 Å². The van der Waals surface area contributed by atoms with E-state index in [1.807, 2.05) is 0 Å². The van der Waals surface area contributed by atoms with Gasteiger partial charge in [0.1, 0.15) is 6.61 Å². The van der Waals surface area contributed by atoms with Gasteiger partial charge < -0.3 is 14.7 Å². The molecule has 1 atom stereocenters. The average molecular weight is 242 g/mol. The summed E-state index contributed by atoms with van der Waals surface area (Å²) < 4.78 is 4.77. The Kier molecular flexibility index (Phi) is 3.83. The molecule has 0 aromatic carbocycles. The third-order valence-electron chi connectivity index (χ3n) is 3.37. The smallest absolute Gasteiger partial charge is 0.410 e. The van der Waals surface area contributed by atoms with Gasteiger partial charge in [0.05, 0.1) is 0 Å². The number of carbonyl (C=O) groups is 2. The van der Waals surface area contributed by atoms with E-state index in [1.54, 1.807) is 0 Å². The molecule has 0 saturated carbocycles. The fraction of sp³-hybridized carbons (Fsp3) is 0.818. The van der Waals surface area contributed by atoms with Gasteiger partial charge in [0.25, 0.3) is 0 Å². The van der Waals surface area contributed by atoms with Gasteiger partial charge in [-0.3, -0.25) is 4.90 Å². The molecule has 2 saturated heterocycles. The molecule has 1 unspecified atom stereocenters. The first-order chi connectivity index (χ1) is 8.18. The third kappa shape index (κ3) is 2.88. The molecule has 6 nitrogen and oxygen atoms in total. The Morgan fingerprint density at radius 2 is 2.00 bits per heavy atom. The molecule has 2 fully saturated rings. The largest absolute Gasteiger partial charge is 0.480 e. The molecule has 0 aromatic rings. The molecule has 2 aliphatic heterocycles. The zero-order chi connectivity index (χ0) is 12.3. The zero-order valence-electron chi connectivity index (χ0n) is 9.80. The molecule has 0 aliphatic carbocycles. The van der Waals surface area contributed by atoms with Crippen molar-refractivity contribution >= 4 is 12.1 Å². The van der Waals surface area contributed by atoms with E-state index >= 15 is 0 Å². The highest BCUT2D eigenvalue weighted by atomic mass is 16.6. The van der Waals surface area contributed by atoms with Crippen molar-refractivity contribution in [3.05, 3.63) is 0 Å². The van der Waals surface area contributed by atoms with Crippen LogP contribution in [-0.2, 0) is 9.53 Å². The van der Waals surface area contributed by atoms with Gasteiger partial charge in [-0.1, -0.05) is 6.42 Å². The molecular weight excluding hydrogens is 224 g/mol. The fourth-order valence-electron chi connectivity index (χ4n) is 2.33. The fourth-order valence-corrected chi connectivity index (χ4v) is 2.33. The van der Waals surface area contributed by atoms with Crippen molar-refractivity contribution in [2.75, 3.05) is 32.8 Å². The standard InChI is InChI=1S/C11H18N2O4/c14-10(15)9-8-17-11(16)13(9)7-6-12-4-2-1-3-5-12/h9H,1-8H2,(H,14,15). The van der Waals surface area contributed by atoms with Crippen LogP contribution in [0.3, 0.4) is 0 Å². The van der Waals surface area contributed by atoms with E-state index in [0.29, 0.717) is 6.54 Å². The molecule has 0 aromatic heterocycles. The second-order valence-electron chi connectivity index (χ2n) is 4.53. The van der Waals surface area contributed by atoms with Gasteiger partial charge in [0, 0.05) is 13.1 Å². The van der Waals surface area contributed by atoms with Crippen LogP contribution in [0.4, 0.5) is 4.79 Å². The minimum absolute atomic E-state index is 0.0336. The minimum Gasteiger partial charge on any atom is -0.480 e. The Bertz CT molecular complexity index is 302. The van der Waals surface area contributed by atoms with Crippen LogP contribution < -0.4 is 0 Å². The van der Waals surface area contributed by atoms with Crippen LogP contribution in [0.1, 0.15) is 19.3 Å². The molecular formula is C11H18N2O4. The van der Waals surface area contributed by atoms with Crippen LogP contribution in [0.15, 0.2) is 0 Å². The lowest BCUT2D eigenvalue weighted by atomic mass is 10.1. The highest BCUT2D eigenvalue weighted by Crippen LogP contribution is 2.14. The summed E-state index contributed by atoms with van der Waals surface area (Å²) in [5.74, 6) is -0.991. The zero-order valence-corrected chi connectivity index (χ0v) is 9.80. The van der Waals surface area contributed by atoms with E-state index in [9.17, 15) is 9.59 Å². The Morgan fingerprint density at radius 3 is 2.65 bits per heavy atom. The van der Waals surface area contributed by atoms with Crippen LogP contribution in [-0.4, -0.2) is 65.8 Å². The third-order valence-corrected chi connectivity index (χ3v) is 3.37. The average Bonchev–Trinajstić information content (AvgIpc) is 2.69. The number of aliphatic carboxylic acids is 1. The second-order valence-corrected chi connectivity index (χ2v) is 4.53. The number of nitrogens with zero attached hydrogens (tertiary/aromatic N) is 2. The second kappa shape index (κ2) is 5.35. The molecule has 2 heterocycles. The van der Waals surface area contributed by atoms with Crippen molar-refractivity contribution in [3.63, 3.8) is 0 Å². The van der Waals surface area contributed by atoms with Crippen molar-refractivity contribution in [3.8, 4) is 0 Å². The van der Waals surface area contributed by atoms with Crippen molar-refractivity contribution in [1.82, 2.24) is 9.80 Å². The predicted molar refractivity (Wildman–Crippen MR) is 59.8 cm³/mol. The molecule has 96 valence electrons. The van der Waals surface area contributed by atoms with E-state index in [2.05, 4.69) is 4.90 Å². The number of piperidine rings is 1. The summed E-state index contributed by atoms with van der Waals surface area (Å²) in [6.45, 7) is 3.23. The first-order valence-corrected chi connectivity index (χ1v) is 6.07. The van der Waals surface area contributed by atoms with Crippen LogP contribution in [0.25, 0.3) is 0 Å². The quantitative estimate of drug-likeness (QED) is 0.771. The van der Waals surface area contributed by atoms with Gasteiger partial charge in [-0.15, -0.1) is 0 Å². The van der Waals surface area contributed by atoms with E-state index in [0.717, 1.165) is 19.6 Å². The Balaban J connectivity index is 1.83. The van der Waals surface area contributed by atoms with Crippen molar-refractivity contribution in [2.45, 2.75) is 25.3 Å². The highest BCUT2D eigenvalue weighted by molar-refractivity contribution is 5.82. The summed E-state index contributed by atoms with van der Waals surface area (Å²) in [5.41, 5.74) is 0. The predicted octanol–water partition coefficient (Wildman–Crippen LogP) is 0.378. The van der Waals surface area contributed by atoms with Crippen molar-refractivity contribution < 1.29 is 19.4 Å². The van der Waals surface area contributed by atoms with Gasteiger partial charge in [-0.05, 0) is 25.9 Å². The van der Waals surface area contributed by atoms with Crippen molar-refractivity contribution in [1.29, 1.82) is 0 Å². The normalized spacial score (nSPS) is 26.0. The number of hydrogen-bond acceptors (Lipinski definition) is 4. The molecule has 0 spiro atoms. The summed E-state index contributed by atoms with van der Waals surface area (Å²) in [6.07, 6.45) is 3.13. The number of carboxylic acids is 1. The number of rotatable bonds is 4. The van der Waals surface area contributed by atoms with Crippen LogP contribution in [0, 0.1) is 0 Å². The minimum atomic E-state index is -0.991. The Morgan fingerprint density at radius 1 is 1.29 bits per heavy atom.